The molecule has 1 fully saturated rings. The summed E-state index contributed by atoms with van der Waals surface area (Å²) in [5, 5.41) is 3.14. The van der Waals surface area contributed by atoms with Crippen LogP contribution in [0.2, 0.25) is 0 Å². The summed E-state index contributed by atoms with van der Waals surface area (Å²) in [6, 6.07) is 9.89. The number of benzene rings is 1. The van der Waals surface area contributed by atoms with Crippen LogP contribution < -0.4 is 5.32 Å². The fourth-order valence-electron chi connectivity index (χ4n) is 1.59. The van der Waals surface area contributed by atoms with E-state index in [1.54, 1.807) is 0 Å². The standard InChI is InChI=1S/C11H14N2O/c1-12-10-7-13(8-10)11(14)9-5-3-2-4-6-9/h2-6,10,12H,7-8H2,1H3. The second kappa shape index (κ2) is 3.80. The fraction of sp³-hybridized carbons (Fsp3) is 0.364. The van der Waals surface area contributed by atoms with E-state index in [2.05, 4.69) is 5.32 Å². The smallest absolute Gasteiger partial charge is 0.253 e. The number of likely N-dealkylation sites (N-methyl/N-ethyl adjacent to an activating group) is 1. The minimum absolute atomic E-state index is 0.136. The van der Waals surface area contributed by atoms with Crippen molar-refractivity contribution in [2.24, 2.45) is 0 Å². The molecule has 1 N–H and O–H groups in total. The number of hydrogen-bond acceptors (Lipinski definition) is 2. The molecule has 0 spiro atoms. The quantitative estimate of drug-likeness (QED) is 0.745. The maximum Gasteiger partial charge on any atom is 0.253 e. The second-order valence-electron chi connectivity index (χ2n) is 3.56. The molecule has 1 aliphatic heterocycles. The van der Waals surface area contributed by atoms with Gasteiger partial charge in [0.25, 0.3) is 5.91 Å². The molecule has 1 aliphatic rings. The molecule has 14 heavy (non-hydrogen) atoms. The predicted molar refractivity (Wildman–Crippen MR) is 55.2 cm³/mol. The molecule has 0 atom stereocenters. The fourth-order valence-corrected chi connectivity index (χ4v) is 1.59. The Hall–Kier alpha value is -1.35. The Morgan fingerprint density at radius 3 is 2.57 bits per heavy atom. The second-order valence-corrected chi connectivity index (χ2v) is 3.56. The van der Waals surface area contributed by atoms with Crippen LogP contribution in [0.25, 0.3) is 0 Å². The number of nitrogens with zero attached hydrogens (tertiary/aromatic N) is 1. The van der Waals surface area contributed by atoms with Crippen molar-refractivity contribution in [1.82, 2.24) is 10.2 Å². The van der Waals surface area contributed by atoms with Gasteiger partial charge in [0, 0.05) is 24.7 Å². The van der Waals surface area contributed by atoms with E-state index in [1.807, 2.05) is 42.3 Å². The number of amides is 1. The van der Waals surface area contributed by atoms with Gasteiger partial charge in [0.2, 0.25) is 0 Å². The summed E-state index contributed by atoms with van der Waals surface area (Å²) in [4.78, 5) is 13.6. The zero-order valence-electron chi connectivity index (χ0n) is 8.23. The highest BCUT2D eigenvalue weighted by Gasteiger charge is 2.29. The van der Waals surface area contributed by atoms with Gasteiger partial charge in [-0.3, -0.25) is 4.79 Å². The Labute approximate surface area is 83.7 Å². The van der Waals surface area contributed by atoms with Crippen molar-refractivity contribution in [2.75, 3.05) is 20.1 Å². The Balaban J connectivity index is 1.98. The Morgan fingerprint density at radius 2 is 2.00 bits per heavy atom. The molecule has 2 rings (SSSR count). The molecule has 1 heterocycles. The van der Waals surface area contributed by atoms with E-state index in [4.69, 9.17) is 0 Å². The van der Waals surface area contributed by atoms with E-state index in [0.717, 1.165) is 18.7 Å². The molecule has 0 radical (unpaired) electrons. The SMILES string of the molecule is CNC1CN(C(=O)c2ccccc2)C1. The molecule has 1 aromatic carbocycles. The van der Waals surface area contributed by atoms with Crippen molar-refractivity contribution >= 4 is 5.91 Å². The van der Waals surface area contributed by atoms with E-state index in [1.165, 1.54) is 0 Å². The number of rotatable bonds is 2. The van der Waals surface area contributed by atoms with Crippen molar-refractivity contribution in [2.45, 2.75) is 6.04 Å². The van der Waals surface area contributed by atoms with Crippen LogP contribution in [0.5, 0.6) is 0 Å². The van der Waals surface area contributed by atoms with Crippen LogP contribution >= 0.6 is 0 Å². The highest BCUT2D eigenvalue weighted by atomic mass is 16.2. The monoisotopic (exact) mass is 190 g/mol. The maximum atomic E-state index is 11.8. The summed E-state index contributed by atoms with van der Waals surface area (Å²) < 4.78 is 0. The molecule has 0 unspecified atom stereocenters. The molecular weight excluding hydrogens is 176 g/mol. The minimum atomic E-state index is 0.136. The molecule has 74 valence electrons. The zero-order chi connectivity index (χ0) is 9.97. The molecule has 3 nitrogen and oxygen atoms in total. The lowest BCUT2D eigenvalue weighted by Crippen LogP contribution is -2.58. The van der Waals surface area contributed by atoms with Gasteiger partial charge in [0.1, 0.15) is 0 Å². The van der Waals surface area contributed by atoms with Crippen molar-refractivity contribution < 1.29 is 4.79 Å². The van der Waals surface area contributed by atoms with Gasteiger partial charge in [0.05, 0.1) is 0 Å². The van der Waals surface area contributed by atoms with E-state index < -0.39 is 0 Å². The maximum absolute atomic E-state index is 11.8. The molecule has 3 heteroatoms. The zero-order valence-corrected chi connectivity index (χ0v) is 8.23. The molecule has 0 aromatic heterocycles. The van der Waals surface area contributed by atoms with Crippen molar-refractivity contribution in [3.05, 3.63) is 35.9 Å². The Morgan fingerprint density at radius 1 is 1.36 bits per heavy atom. The van der Waals surface area contributed by atoms with Crippen LogP contribution in [-0.2, 0) is 0 Å². The highest BCUT2D eigenvalue weighted by molar-refractivity contribution is 5.94. The first-order valence-electron chi connectivity index (χ1n) is 4.83. The first-order valence-corrected chi connectivity index (χ1v) is 4.83. The van der Waals surface area contributed by atoms with E-state index in [9.17, 15) is 4.79 Å². The van der Waals surface area contributed by atoms with Gasteiger partial charge in [-0.1, -0.05) is 18.2 Å². The predicted octanol–water partition coefficient (Wildman–Crippen LogP) is 0.730. The molecule has 1 aromatic rings. The van der Waals surface area contributed by atoms with Crippen molar-refractivity contribution in [1.29, 1.82) is 0 Å². The summed E-state index contributed by atoms with van der Waals surface area (Å²) in [6.45, 7) is 1.65. The van der Waals surface area contributed by atoms with Crippen LogP contribution in [0.4, 0.5) is 0 Å². The summed E-state index contributed by atoms with van der Waals surface area (Å²) in [6.07, 6.45) is 0. The van der Waals surface area contributed by atoms with Crippen LogP contribution in [-0.4, -0.2) is 37.0 Å². The van der Waals surface area contributed by atoms with Gasteiger partial charge in [-0.25, -0.2) is 0 Å². The van der Waals surface area contributed by atoms with Crippen LogP contribution in [0.15, 0.2) is 30.3 Å². The third kappa shape index (κ3) is 1.63. The number of carbonyl (C=O) groups excluding carboxylic acids is 1. The average molecular weight is 190 g/mol. The number of hydrogen-bond donors (Lipinski definition) is 1. The van der Waals surface area contributed by atoms with Gasteiger partial charge >= 0.3 is 0 Å². The molecule has 1 amide bonds. The normalized spacial score (nSPS) is 16.5. The Bertz CT molecular complexity index is 317. The van der Waals surface area contributed by atoms with Gasteiger partial charge in [-0.15, -0.1) is 0 Å². The van der Waals surface area contributed by atoms with Gasteiger partial charge in [-0.2, -0.15) is 0 Å². The third-order valence-corrected chi connectivity index (χ3v) is 2.60. The number of nitrogens with one attached hydrogen (secondary N) is 1. The van der Waals surface area contributed by atoms with Crippen LogP contribution in [0.1, 0.15) is 10.4 Å². The van der Waals surface area contributed by atoms with E-state index >= 15 is 0 Å². The summed E-state index contributed by atoms with van der Waals surface area (Å²) in [5.41, 5.74) is 0.780. The lowest BCUT2D eigenvalue weighted by Gasteiger charge is -2.39. The molecular formula is C11H14N2O. The lowest BCUT2D eigenvalue weighted by molar-refractivity contribution is 0.0577. The largest absolute Gasteiger partial charge is 0.335 e. The van der Waals surface area contributed by atoms with Crippen molar-refractivity contribution in [3.8, 4) is 0 Å². The first-order chi connectivity index (χ1) is 6.81. The molecule has 1 saturated heterocycles. The summed E-state index contributed by atoms with van der Waals surface area (Å²) >= 11 is 0. The lowest BCUT2D eigenvalue weighted by atomic mass is 10.1. The average Bonchev–Trinajstić information content (AvgIpc) is 2.17. The summed E-state index contributed by atoms with van der Waals surface area (Å²) in [5.74, 6) is 0.136. The molecule has 0 bridgehead atoms. The van der Waals surface area contributed by atoms with Crippen molar-refractivity contribution in [3.63, 3.8) is 0 Å². The highest BCUT2D eigenvalue weighted by Crippen LogP contribution is 2.12. The topological polar surface area (TPSA) is 32.3 Å². The minimum Gasteiger partial charge on any atom is -0.335 e. The van der Waals surface area contributed by atoms with E-state index in [-0.39, 0.29) is 5.91 Å². The van der Waals surface area contributed by atoms with Gasteiger partial charge in [0.15, 0.2) is 0 Å². The van der Waals surface area contributed by atoms with E-state index in [0.29, 0.717) is 6.04 Å². The van der Waals surface area contributed by atoms with Crippen LogP contribution in [0, 0.1) is 0 Å². The number of likely N-dealkylation sites (tertiary alicyclic amines) is 1. The van der Waals surface area contributed by atoms with Gasteiger partial charge < -0.3 is 10.2 Å². The van der Waals surface area contributed by atoms with Gasteiger partial charge in [-0.05, 0) is 19.2 Å². The Kier molecular flexibility index (Phi) is 2.50. The first kappa shape index (κ1) is 9.21. The molecule has 0 aliphatic carbocycles. The number of carbonyl (C=O) groups is 1. The van der Waals surface area contributed by atoms with Crippen LogP contribution in [0.3, 0.4) is 0 Å². The third-order valence-electron chi connectivity index (χ3n) is 2.60. The molecule has 0 saturated carbocycles. The summed E-state index contributed by atoms with van der Waals surface area (Å²) in [7, 11) is 1.93.